The Morgan fingerprint density at radius 2 is 1.59 bits per heavy atom. The van der Waals surface area contributed by atoms with Gasteiger partial charge in [-0.1, -0.05) is 29.8 Å². The minimum Gasteiger partial charge on any atom is -0.497 e. The molecule has 0 atom stereocenters. The molecule has 0 spiro atoms. The Balaban J connectivity index is 1.76. The van der Waals surface area contributed by atoms with Gasteiger partial charge in [0.05, 0.1) is 12.8 Å². The van der Waals surface area contributed by atoms with Crippen LogP contribution in [0.3, 0.4) is 0 Å². The normalized spacial score (nSPS) is 11.5. The van der Waals surface area contributed by atoms with Crippen molar-refractivity contribution >= 4 is 22.0 Å². The van der Waals surface area contributed by atoms with Gasteiger partial charge in [-0.25, -0.2) is 0 Å². The first-order valence-electron chi connectivity index (χ1n) is 8.26. The fourth-order valence-electron chi connectivity index (χ4n) is 2.34. The molecular weight excluding hydrogens is 362 g/mol. The molecule has 138 valence electrons. The summed E-state index contributed by atoms with van der Waals surface area (Å²) in [7, 11) is -2.27. The summed E-state index contributed by atoms with van der Waals surface area (Å²) >= 11 is 0. The van der Waals surface area contributed by atoms with Crippen molar-refractivity contribution in [2.24, 2.45) is 4.99 Å². The first kappa shape index (κ1) is 18.7. The molecule has 0 N–H and O–H groups in total. The van der Waals surface area contributed by atoms with Crippen molar-refractivity contribution in [1.29, 1.82) is 0 Å². The number of benzene rings is 3. The van der Waals surface area contributed by atoms with Gasteiger partial charge in [0.15, 0.2) is 0 Å². The number of hydrogen-bond donors (Lipinski definition) is 0. The zero-order valence-corrected chi connectivity index (χ0v) is 15.8. The van der Waals surface area contributed by atoms with Gasteiger partial charge >= 0.3 is 10.1 Å². The number of nitrogens with zero attached hydrogens (tertiary/aromatic N) is 1. The molecule has 0 fully saturated rings. The van der Waals surface area contributed by atoms with Crippen LogP contribution >= 0.6 is 0 Å². The zero-order valence-electron chi connectivity index (χ0n) is 15.0. The molecule has 3 rings (SSSR count). The Bertz CT molecular complexity index is 1040. The average Bonchev–Trinajstić information content (AvgIpc) is 2.67. The molecule has 6 heteroatoms. The highest BCUT2D eigenvalue weighted by Crippen LogP contribution is 2.21. The molecule has 5 nitrogen and oxygen atoms in total. The van der Waals surface area contributed by atoms with Crippen LogP contribution in [0.4, 0.5) is 5.69 Å². The van der Waals surface area contributed by atoms with E-state index in [2.05, 4.69) is 4.99 Å². The van der Waals surface area contributed by atoms with Gasteiger partial charge in [-0.15, -0.1) is 0 Å². The zero-order chi connectivity index (χ0) is 19.3. The number of methoxy groups -OCH3 is 1. The molecule has 0 radical (unpaired) electrons. The van der Waals surface area contributed by atoms with Gasteiger partial charge in [-0.3, -0.25) is 4.99 Å². The molecule has 0 aliphatic heterocycles. The molecular formula is C21H19NO4S. The maximum absolute atomic E-state index is 12.4. The van der Waals surface area contributed by atoms with Crippen LogP contribution < -0.4 is 8.92 Å². The Hall–Kier alpha value is -3.12. The number of aliphatic imine (C=N–C) groups is 1. The first-order valence-corrected chi connectivity index (χ1v) is 9.66. The molecule has 27 heavy (non-hydrogen) atoms. The molecule has 0 heterocycles. The van der Waals surface area contributed by atoms with E-state index in [4.69, 9.17) is 8.92 Å². The van der Waals surface area contributed by atoms with E-state index in [1.807, 2.05) is 37.3 Å². The lowest BCUT2D eigenvalue weighted by Crippen LogP contribution is -2.09. The van der Waals surface area contributed by atoms with Gasteiger partial charge in [-0.05, 0) is 61.0 Å². The van der Waals surface area contributed by atoms with Crippen LogP contribution in [0.1, 0.15) is 11.1 Å². The average molecular weight is 381 g/mol. The Kier molecular flexibility index (Phi) is 5.57. The summed E-state index contributed by atoms with van der Waals surface area (Å²) in [6.07, 6.45) is 1.65. The summed E-state index contributed by atoms with van der Waals surface area (Å²) in [5.41, 5.74) is 2.46. The summed E-state index contributed by atoms with van der Waals surface area (Å²) in [4.78, 5) is 4.49. The SMILES string of the molecule is COc1ccc(N=Cc2cccc(OS(=O)(=O)c3ccc(C)cc3)c2)cc1. The van der Waals surface area contributed by atoms with Crippen molar-refractivity contribution in [3.8, 4) is 11.5 Å². The third-order valence-electron chi connectivity index (χ3n) is 3.81. The highest BCUT2D eigenvalue weighted by molar-refractivity contribution is 7.87. The molecule has 0 saturated carbocycles. The van der Waals surface area contributed by atoms with E-state index in [1.165, 1.54) is 12.1 Å². The second-order valence-electron chi connectivity index (χ2n) is 5.88. The van der Waals surface area contributed by atoms with E-state index < -0.39 is 10.1 Å². The maximum Gasteiger partial charge on any atom is 0.339 e. The fourth-order valence-corrected chi connectivity index (χ4v) is 3.27. The Morgan fingerprint density at radius 3 is 2.26 bits per heavy atom. The van der Waals surface area contributed by atoms with Crippen molar-refractivity contribution in [3.63, 3.8) is 0 Å². The molecule has 0 bridgehead atoms. The molecule has 0 aliphatic carbocycles. The third kappa shape index (κ3) is 4.95. The van der Waals surface area contributed by atoms with Crippen LogP contribution in [-0.4, -0.2) is 21.7 Å². The number of ether oxygens (including phenoxy) is 1. The molecule has 3 aromatic rings. The number of rotatable bonds is 6. The largest absolute Gasteiger partial charge is 0.497 e. The summed E-state index contributed by atoms with van der Waals surface area (Å²) in [6.45, 7) is 1.89. The van der Waals surface area contributed by atoms with E-state index in [-0.39, 0.29) is 10.6 Å². The standard InChI is InChI=1S/C21H19NO4S/c1-16-6-12-21(13-7-16)27(23,24)26-20-5-3-4-17(14-20)15-22-18-8-10-19(25-2)11-9-18/h3-15H,1-2H3. The van der Waals surface area contributed by atoms with E-state index in [9.17, 15) is 8.42 Å². The minimum absolute atomic E-state index is 0.116. The van der Waals surface area contributed by atoms with Crippen molar-refractivity contribution in [3.05, 3.63) is 83.9 Å². The van der Waals surface area contributed by atoms with Crippen LogP contribution in [-0.2, 0) is 10.1 Å². The lowest BCUT2D eigenvalue weighted by molar-refractivity contribution is 0.415. The second-order valence-corrected chi connectivity index (χ2v) is 7.43. The van der Waals surface area contributed by atoms with Gasteiger partial charge in [0, 0.05) is 6.21 Å². The molecule has 0 saturated heterocycles. The van der Waals surface area contributed by atoms with Gasteiger partial charge < -0.3 is 8.92 Å². The summed E-state index contributed by atoms with van der Waals surface area (Å²) in [5.74, 6) is 0.986. The van der Waals surface area contributed by atoms with Crippen LogP contribution in [0, 0.1) is 6.92 Å². The molecule has 0 aliphatic rings. The van der Waals surface area contributed by atoms with Crippen LogP contribution in [0.15, 0.2) is 82.7 Å². The highest BCUT2D eigenvalue weighted by atomic mass is 32.2. The second kappa shape index (κ2) is 8.05. The van der Waals surface area contributed by atoms with Crippen LogP contribution in [0.2, 0.25) is 0 Å². The minimum atomic E-state index is -3.88. The van der Waals surface area contributed by atoms with Crippen molar-refractivity contribution in [1.82, 2.24) is 0 Å². The van der Waals surface area contributed by atoms with E-state index >= 15 is 0 Å². The van der Waals surface area contributed by atoms with Gasteiger partial charge in [0.25, 0.3) is 0 Å². The Labute approximate surface area is 159 Å². The molecule has 0 unspecified atom stereocenters. The van der Waals surface area contributed by atoms with Gasteiger partial charge in [-0.2, -0.15) is 8.42 Å². The Morgan fingerprint density at radius 1 is 0.889 bits per heavy atom. The van der Waals surface area contributed by atoms with Gasteiger partial charge in [0.2, 0.25) is 0 Å². The highest BCUT2D eigenvalue weighted by Gasteiger charge is 2.16. The quantitative estimate of drug-likeness (QED) is 0.465. The lowest BCUT2D eigenvalue weighted by atomic mass is 10.2. The van der Waals surface area contributed by atoms with Crippen molar-refractivity contribution in [2.45, 2.75) is 11.8 Å². The number of hydrogen-bond acceptors (Lipinski definition) is 5. The fraction of sp³-hybridized carbons (Fsp3) is 0.0952. The summed E-state index contributed by atoms with van der Waals surface area (Å²) in [6, 6.07) is 20.6. The van der Waals surface area contributed by atoms with Crippen LogP contribution in [0.25, 0.3) is 0 Å². The van der Waals surface area contributed by atoms with E-state index in [1.54, 1.807) is 43.7 Å². The maximum atomic E-state index is 12.4. The predicted octanol–water partition coefficient (Wildman–Crippen LogP) is 4.52. The number of aryl methyl sites for hydroxylation is 1. The summed E-state index contributed by atoms with van der Waals surface area (Å²) < 4.78 is 35.1. The van der Waals surface area contributed by atoms with Gasteiger partial charge in [0.1, 0.15) is 16.4 Å². The van der Waals surface area contributed by atoms with E-state index in [0.29, 0.717) is 0 Å². The first-order chi connectivity index (χ1) is 13.0. The van der Waals surface area contributed by atoms with Crippen LogP contribution in [0.5, 0.6) is 11.5 Å². The van der Waals surface area contributed by atoms with Crippen molar-refractivity contribution in [2.75, 3.05) is 7.11 Å². The molecule has 3 aromatic carbocycles. The molecule has 0 amide bonds. The smallest absolute Gasteiger partial charge is 0.339 e. The third-order valence-corrected chi connectivity index (χ3v) is 5.07. The topological polar surface area (TPSA) is 65.0 Å². The van der Waals surface area contributed by atoms with Crippen molar-refractivity contribution < 1.29 is 17.3 Å². The lowest BCUT2D eigenvalue weighted by Gasteiger charge is -2.07. The monoisotopic (exact) mass is 381 g/mol. The summed E-state index contributed by atoms with van der Waals surface area (Å²) in [5, 5.41) is 0. The predicted molar refractivity (Wildman–Crippen MR) is 106 cm³/mol. The van der Waals surface area contributed by atoms with E-state index in [0.717, 1.165) is 22.6 Å². The molecule has 0 aromatic heterocycles.